The second kappa shape index (κ2) is 14.8. The molecule has 1 heterocycles. The third-order valence-corrected chi connectivity index (χ3v) is 11.7. The highest BCUT2D eigenvalue weighted by atomic mass is 16.3. The van der Waals surface area contributed by atoms with Gasteiger partial charge in [-0.05, 0) is 108 Å². The minimum atomic E-state index is 0.434. The predicted molar refractivity (Wildman–Crippen MR) is 254 cm³/mol. The van der Waals surface area contributed by atoms with Crippen LogP contribution in [0.4, 0.5) is 0 Å². The lowest BCUT2D eigenvalue weighted by Gasteiger charge is -2.10. The number of benzene rings is 10. The van der Waals surface area contributed by atoms with Crippen molar-refractivity contribution in [3.05, 3.63) is 217 Å². The Labute approximate surface area is 347 Å². The van der Waals surface area contributed by atoms with Gasteiger partial charge in [0.25, 0.3) is 0 Å². The van der Waals surface area contributed by atoms with Crippen LogP contribution in [0.15, 0.2) is 220 Å². The minimum absolute atomic E-state index is 0.434. The van der Waals surface area contributed by atoms with E-state index in [2.05, 4.69) is 188 Å². The summed E-state index contributed by atoms with van der Waals surface area (Å²) in [7, 11) is 0. The van der Waals surface area contributed by atoms with Gasteiger partial charge in [-0.15, -0.1) is 0 Å². The van der Waals surface area contributed by atoms with Crippen LogP contribution in [0.3, 0.4) is 0 Å². The zero-order valence-corrected chi connectivity index (χ0v) is 32.7. The third-order valence-electron chi connectivity index (χ3n) is 11.7. The van der Waals surface area contributed by atoms with E-state index in [0.29, 0.717) is 18.2 Å². The maximum atomic E-state index is 6.55. The second-order valence-electron chi connectivity index (χ2n) is 15.2. The highest BCUT2D eigenvalue weighted by molar-refractivity contribution is 6.22. The van der Waals surface area contributed by atoms with Crippen molar-refractivity contribution in [2.75, 3.05) is 0 Å². The summed E-state index contributed by atoms with van der Waals surface area (Å²) >= 11 is 0. The molecular weight excluding hydrogens is 731 g/mol. The van der Waals surface area contributed by atoms with Crippen LogP contribution in [-0.2, 0) is 6.54 Å². The van der Waals surface area contributed by atoms with Gasteiger partial charge < -0.3 is 4.42 Å². The van der Waals surface area contributed by atoms with E-state index < -0.39 is 0 Å². The summed E-state index contributed by atoms with van der Waals surface area (Å²) in [5, 5.41) is 11.5. The number of nitrogens with zero attached hydrogens (tertiary/aromatic N) is 3. The van der Waals surface area contributed by atoms with E-state index in [0.717, 1.165) is 60.5 Å². The van der Waals surface area contributed by atoms with Gasteiger partial charge in [0, 0.05) is 21.9 Å². The normalized spacial score (nSPS) is 12.3. The maximum Gasteiger partial charge on any atom is 0.161 e. The molecule has 0 saturated carbocycles. The standard InChI is InChI=1S/C56H37N3O/c1-57-56(49-16-9-17-52-54(49)48-31-30-44(34-53(48)60-52)39-22-20-38(21-23-39)37-10-3-2-4-11-37)59-55(45-29-28-43-27-25-41-13-6-8-15-47(41)51(43)33-45)58-35-36-18-19-42-26-24-40-12-5-7-14-46(40)50(42)32-36/h2-34H,1,35H2/b58-55-,59-56-. The Hall–Kier alpha value is -7.95. The van der Waals surface area contributed by atoms with Crippen LogP contribution in [0.5, 0.6) is 0 Å². The summed E-state index contributed by atoms with van der Waals surface area (Å²) in [6.07, 6.45) is 0. The van der Waals surface area contributed by atoms with Crippen LogP contribution < -0.4 is 0 Å². The van der Waals surface area contributed by atoms with Gasteiger partial charge in [0.2, 0.25) is 0 Å². The molecule has 0 N–H and O–H groups in total. The van der Waals surface area contributed by atoms with Crippen molar-refractivity contribution in [1.29, 1.82) is 0 Å². The largest absolute Gasteiger partial charge is 0.456 e. The first-order chi connectivity index (χ1) is 29.7. The highest BCUT2D eigenvalue weighted by Gasteiger charge is 2.17. The lowest BCUT2D eigenvalue weighted by molar-refractivity contribution is 0.669. The third kappa shape index (κ3) is 6.32. The van der Waals surface area contributed by atoms with Crippen LogP contribution in [0.1, 0.15) is 16.7 Å². The molecule has 0 aliphatic rings. The molecule has 0 unspecified atom stereocenters. The quantitative estimate of drug-likeness (QED) is 0.0944. The Morgan fingerprint density at radius 3 is 1.72 bits per heavy atom. The summed E-state index contributed by atoms with van der Waals surface area (Å²) < 4.78 is 6.55. The van der Waals surface area contributed by atoms with E-state index in [9.17, 15) is 0 Å². The summed E-state index contributed by atoms with van der Waals surface area (Å²) in [4.78, 5) is 15.1. The Bertz CT molecular complexity index is 3520. The molecule has 0 atom stereocenters. The summed E-state index contributed by atoms with van der Waals surface area (Å²) in [5.41, 5.74) is 8.97. The van der Waals surface area contributed by atoms with Gasteiger partial charge in [0.15, 0.2) is 11.7 Å². The average molecular weight is 768 g/mol. The average Bonchev–Trinajstić information content (AvgIpc) is 3.70. The number of hydrogen-bond donors (Lipinski definition) is 0. The molecule has 0 aliphatic heterocycles. The van der Waals surface area contributed by atoms with E-state index in [1.807, 2.05) is 24.3 Å². The first-order valence-corrected chi connectivity index (χ1v) is 20.2. The van der Waals surface area contributed by atoms with Crippen molar-refractivity contribution < 1.29 is 4.42 Å². The summed E-state index contributed by atoms with van der Waals surface area (Å²) in [6, 6.07) is 70.4. The molecular formula is C56H37N3O. The molecule has 0 spiro atoms. The van der Waals surface area contributed by atoms with Crippen LogP contribution in [0, 0.1) is 0 Å². The fourth-order valence-corrected chi connectivity index (χ4v) is 8.60. The molecule has 1 aromatic heterocycles. The molecule has 4 nitrogen and oxygen atoms in total. The van der Waals surface area contributed by atoms with Crippen molar-refractivity contribution in [1.82, 2.24) is 0 Å². The minimum Gasteiger partial charge on any atom is -0.456 e. The summed E-state index contributed by atoms with van der Waals surface area (Å²) in [5.74, 6) is 1.06. The van der Waals surface area contributed by atoms with Crippen molar-refractivity contribution in [3.8, 4) is 22.3 Å². The molecule has 0 amide bonds. The molecule has 0 saturated heterocycles. The lowest BCUT2D eigenvalue weighted by Crippen LogP contribution is -2.06. The van der Waals surface area contributed by atoms with Crippen LogP contribution in [0.25, 0.3) is 87.3 Å². The molecule has 0 aliphatic carbocycles. The van der Waals surface area contributed by atoms with Gasteiger partial charge in [0.1, 0.15) is 11.2 Å². The number of rotatable bonds is 6. The molecule has 11 rings (SSSR count). The molecule has 0 fully saturated rings. The van der Waals surface area contributed by atoms with Gasteiger partial charge in [-0.2, -0.15) is 0 Å². The Kier molecular flexibility index (Phi) is 8.67. The number of hydrogen-bond acceptors (Lipinski definition) is 2. The Morgan fingerprint density at radius 2 is 1.00 bits per heavy atom. The number of furan rings is 1. The number of fused-ring (bicyclic) bond motifs is 9. The van der Waals surface area contributed by atoms with Crippen molar-refractivity contribution in [3.63, 3.8) is 0 Å². The van der Waals surface area contributed by atoms with Crippen LogP contribution in [0.2, 0.25) is 0 Å². The zero-order chi connectivity index (χ0) is 40.0. The Morgan fingerprint density at radius 1 is 0.417 bits per heavy atom. The highest BCUT2D eigenvalue weighted by Crippen LogP contribution is 2.36. The van der Waals surface area contributed by atoms with E-state index in [-0.39, 0.29) is 0 Å². The molecule has 11 aromatic rings. The van der Waals surface area contributed by atoms with E-state index >= 15 is 0 Å². The maximum absolute atomic E-state index is 6.55. The zero-order valence-electron chi connectivity index (χ0n) is 32.7. The van der Waals surface area contributed by atoms with Crippen molar-refractivity contribution in [2.24, 2.45) is 15.0 Å². The Balaban J connectivity index is 1.02. The van der Waals surface area contributed by atoms with Gasteiger partial charge in [0.05, 0.1) is 6.54 Å². The fraction of sp³-hybridized carbons (Fsp3) is 0.0179. The number of aliphatic imine (C=N–C) groups is 3. The predicted octanol–water partition coefficient (Wildman–Crippen LogP) is 14.6. The van der Waals surface area contributed by atoms with Gasteiger partial charge in [-0.3, -0.25) is 4.99 Å². The number of amidine groups is 2. The van der Waals surface area contributed by atoms with Crippen LogP contribution in [-0.4, -0.2) is 18.4 Å². The SMILES string of the molecule is C=N/C(=N\C(=N/Cc1ccc2ccc3ccccc3c2c1)c1ccc2ccc3ccccc3c2c1)c1cccc2oc3cc(-c4ccc(-c5ccccc5)cc4)ccc3c12. The van der Waals surface area contributed by atoms with E-state index in [4.69, 9.17) is 14.4 Å². The van der Waals surface area contributed by atoms with Gasteiger partial charge in [-0.1, -0.05) is 170 Å². The van der Waals surface area contributed by atoms with Crippen molar-refractivity contribution in [2.45, 2.75) is 6.54 Å². The fourth-order valence-electron chi connectivity index (χ4n) is 8.60. The molecule has 60 heavy (non-hydrogen) atoms. The van der Waals surface area contributed by atoms with E-state index in [1.165, 1.54) is 43.4 Å². The first-order valence-electron chi connectivity index (χ1n) is 20.2. The molecule has 4 heteroatoms. The second-order valence-corrected chi connectivity index (χ2v) is 15.2. The topological polar surface area (TPSA) is 50.2 Å². The molecule has 0 bridgehead atoms. The van der Waals surface area contributed by atoms with Crippen LogP contribution >= 0.6 is 0 Å². The van der Waals surface area contributed by atoms with E-state index in [1.54, 1.807) is 0 Å². The summed E-state index contributed by atoms with van der Waals surface area (Å²) in [6.45, 7) is 4.48. The molecule has 10 aromatic carbocycles. The van der Waals surface area contributed by atoms with Gasteiger partial charge in [-0.25, -0.2) is 9.98 Å². The smallest absolute Gasteiger partial charge is 0.161 e. The van der Waals surface area contributed by atoms with Gasteiger partial charge >= 0.3 is 0 Å². The molecule has 0 radical (unpaired) electrons. The van der Waals surface area contributed by atoms with Crippen molar-refractivity contribution >= 4 is 83.4 Å². The lowest BCUT2D eigenvalue weighted by atomic mass is 9.98. The first kappa shape index (κ1) is 35.2. The molecule has 282 valence electrons. The monoisotopic (exact) mass is 767 g/mol.